The predicted octanol–water partition coefficient (Wildman–Crippen LogP) is 8.15. The van der Waals surface area contributed by atoms with Crippen LogP contribution >= 0.6 is 11.6 Å². The Morgan fingerprint density at radius 1 is 1.00 bits per heavy atom. The van der Waals surface area contributed by atoms with E-state index >= 15 is 0 Å². The second-order valence-electron chi connectivity index (χ2n) is 18.2. The highest BCUT2D eigenvalue weighted by Gasteiger charge is 2.34. The third-order valence-corrected chi connectivity index (χ3v) is 14.6. The quantitative estimate of drug-likeness (QED) is 0.0929. The van der Waals surface area contributed by atoms with E-state index < -0.39 is 31.4 Å². The summed E-state index contributed by atoms with van der Waals surface area (Å²) in [7, 11) is -4.57. The van der Waals surface area contributed by atoms with Crippen LogP contribution in [0.1, 0.15) is 73.0 Å². The van der Waals surface area contributed by atoms with Gasteiger partial charge in [0, 0.05) is 93.0 Å². The van der Waals surface area contributed by atoms with Gasteiger partial charge in [0.15, 0.2) is 0 Å². The van der Waals surface area contributed by atoms with Gasteiger partial charge in [-0.3, -0.25) is 29.7 Å². The van der Waals surface area contributed by atoms with E-state index in [1.165, 1.54) is 41.7 Å². The zero-order valence-corrected chi connectivity index (χ0v) is 37.8. The van der Waals surface area contributed by atoms with E-state index in [0.29, 0.717) is 31.5 Å². The van der Waals surface area contributed by atoms with Gasteiger partial charge in [0.1, 0.15) is 17.2 Å². The minimum atomic E-state index is -4.57. The number of carbonyl (C=O) groups is 1. The number of nitrogens with zero attached hydrogens (tertiary/aromatic N) is 5. The van der Waals surface area contributed by atoms with Crippen molar-refractivity contribution in [1.82, 2.24) is 14.5 Å². The lowest BCUT2D eigenvalue weighted by Crippen LogP contribution is -2.47. The normalized spacial score (nSPS) is 20.2. The average molecular weight is 909 g/mol. The number of allylic oxidation sites excluding steroid dienone is 1. The first-order chi connectivity index (χ1) is 30.8. The number of nitro groups is 1. The monoisotopic (exact) mass is 907 g/mol. The number of hydrogen-bond acceptors (Lipinski definition) is 12. The summed E-state index contributed by atoms with van der Waals surface area (Å²) in [4.78, 5) is 36.7. The predicted molar refractivity (Wildman–Crippen MR) is 249 cm³/mol. The molecular formula is C48H54ClN7O7S. The number of nitro benzene ring substituents is 1. The summed E-state index contributed by atoms with van der Waals surface area (Å²) in [6.45, 7) is 11.7. The number of aliphatic imine (C=N–C) groups is 1. The summed E-state index contributed by atoms with van der Waals surface area (Å²) in [6.07, 6.45) is 7.12. The molecule has 4 aromatic carbocycles. The number of rotatable bonds is 14. The fourth-order valence-corrected chi connectivity index (χ4v) is 10.4. The van der Waals surface area contributed by atoms with E-state index in [1.54, 1.807) is 30.5 Å². The molecule has 2 N–H and O–H groups in total. The lowest BCUT2D eigenvalue weighted by molar-refractivity contribution is -0.384. The molecule has 2 aliphatic carbocycles. The van der Waals surface area contributed by atoms with Gasteiger partial charge in [0.25, 0.3) is 21.6 Å². The van der Waals surface area contributed by atoms with Crippen LogP contribution in [0.2, 0.25) is 5.02 Å². The fraction of sp³-hybridized carbons (Fsp3) is 0.417. The smallest absolute Gasteiger partial charge is 0.293 e. The van der Waals surface area contributed by atoms with E-state index in [1.807, 2.05) is 24.3 Å². The number of ether oxygens (including phenoxy) is 2. The molecule has 0 aromatic heterocycles. The number of piperazine rings is 1. The molecule has 16 heteroatoms. The molecule has 0 radical (unpaired) electrons. The number of halogens is 1. The summed E-state index contributed by atoms with van der Waals surface area (Å²) in [5.41, 5.74) is 6.65. The molecule has 0 unspecified atom stereocenters. The molecule has 336 valence electrons. The fourth-order valence-electron chi connectivity index (χ4n) is 9.27. The Morgan fingerprint density at radius 3 is 2.56 bits per heavy atom. The van der Waals surface area contributed by atoms with Crippen molar-refractivity contribution in [2.24, 2.45) is 10.4 Å². The second kappa shape index (κ2) is 18.3. The topological polar surface area (TPSA) is 159 Å². The molecule has 0 bridgehead atoms. The summed E-state index contributed by atoms with van der Waals surface area (Å²) in [5, 5.41) is 16.0. The van der Waals surface area contributed by atoms with Crippen molar-refractivity contribution >= 4 is 56.4 Å². The van der Waals surface area contributed by atoms with Crippen LogP contribution in [0.15, 0.2) is 94.3 Å². The van der Waals surface area contributed by atoms with E-state index in [9.17, 15) is 23.3 Å². The van der Waals surface area contributed by atoms with Crippen molar-refractivity contribution in [2.45, 2.75) is 69.5 Å². The molecule has 14 nitrogen and oxygen atoms in total. The van der Waals surface area contributed by atoms with Crippen LogP contribution in [0.4, 0.5) is 17.1 Å². The molecule has 1 saturated carbocycles. The minimum absolute atomic E-state index is 0.0131. The number of fused-ring (bicyclic) bond motifs is 1. The van der Waals surface area contributed by atoms with E-state index in [-0.39, 0.29) is 28.5 Å². The lowest BCUT2D eigenvalue weighted by atomic mass is 9.72. The van der Waals surface area contributed by atoms with Gasteiger partial charge in [-0.05, 0) is 96.7 Å². The lowest BCUT2D eigenvalue weighted by Gasteiger charge is -2.39. The van der Waals surface area contributed by atoms with E-state index in [4.69, 9.17) is 21.1 Å². The molecule has 9 rings (SSSR count). The molecule has 3 aliphatic heterocycles. The maximum absolute atomic E-state index is 14.0. The third-order valence-electron chi connectivity index (χ3n) is 13.1. The summed E-state index contributed by atoms with van der Waals surface area (Å²) in [5.74, 6) is -0.289. The Balaban J connectivity index is 0.917. The summed E-state index contributed by atoms with van der Waals surface area (Å²) >= 11 is 6.25. The van der Waals surface area contributed by atoms with Gasteiger partial charge < -0.3 is 19.7 Å². The Morgan fingerprint density at radius 2 is 1.80 bits per heavy atom. The number of morpholine rings is 1. The van der Waals surface area contributed by atoms with E-state index in [0.717, 1.165) is 93.0 Å². The molecule has 5 aliphatic rings. The van der Waals surface area contributed by atoms with Gasteiger partial charge >= 0.3 is 0 Å². The maximum Gasteiger partial charge on any atom is 0.293 e. The number of benzene rings is 4. The first-order valence-electron chi connectivity index (χ1n) is 22.1. The molecule has 3 heterocycles. The zero-order valence-electron chi connectivity index (χ0n) is 36.2. The number of nitrogens with one attached hydrogen (secondary N) is 2. The summed E-state index contributed by atoms with van der Waals surface area (Å²) in [6, 6.07) is 23.1. The first kappa shape index (κ1) is 43.9. The number of sulfonamides is 1. The van der Waals surface area contributed by atoms with Crippen molar-refractivity contribution in [3.63, 3.8) is 0 Å². The first-order valence-corrected chi connectivity index (χ1v) is 24.0. The highest BCUT2D eigenvalue weighted by atomic mass is 35.5. The Bertz CT molecular complexity index is 2610. The number of carbonyl (C=O) groups excluding carboxylic acids is 1. The third kappa shape index (κ3) is 9.98. The maximum atomic E-state index is 14.0. The van der Waals surface area contributed by atoms with Gasteiger partial charge in [-0.25, -0.2) is 13.1 Å². The average Bonchev–Trinajstić information content (AvgIpc) is 4.02. The highest BCUT2D eigenvalue weighted by molar-refractivity contribution is 7.90. The molecule has 64 heavy (non-hydrogen) atoms. The van der Waals surface area contributed by atoms with Crippen molar-refractivity contribution in [2.75, 3.05) is 69.2 Å². The molecule has 0 spiro atoms. The van der Waals surface area contributed by atoms with Crippen LogP contribution in [-0.2, 0) is 21.3 Å². The van der Waals surface area contributed by atoms with Crippen LogP contribution in [0.25, 0.3) is 5.57 Å². The molecule has 3 fully saturated rings. The second-order valence-corrected chi connectivity index (χ2v) is 20.4. The van der Waals surface area contributed by atoms with Crippen molar-refractivity contribution in [3.8, 4) is 11.5 Å². The van der Waals surface area contributed by atoms with Gasteiger partial charge in [-0.15, -0.1) is 0 Å². The van der Waals surface area contributed by atoms with Crippen LogP contribution in [0.3, 0.4) is 0 Å². The SMILES string of the molecule is CC1(C)CCC(CN2CCN(c3ccc(C(=O)NS(=O)(=O)c4ccc(NC[C@H]5CN(C6CC6)CCO5)c([N+](=O)[O-])c4)c(Oc4cccc5c4C=NC5)c3)CC2)=C(c2ccc(Cl)cc2)C1. The standard InChI is InChI=1S/C48H54ClN7O7S/c1-48(2)17-16-34(41(26-48)32-6-8-35(49)9-7-32)30-53-18-20-54(21-19-53)37-12-14-40(46(24-37)63-45-5-3-4-33-27-50-29-42(33)45)47(57)52-64(60,61)39-13-15-43(44(25-39)56(58)59)51-28-38-31-55(22-23-62-38)36-10-11-36/h3-9,12-15,24-25,29,36,38,51H,10-11,16-23,26-28,30-31H2,1-2H3,(H,52,57)/t38-/m0/s1. The van der Waals surface area contributed by atoms with Crippen LogP contribution in [-0.4, -0.2) is 106 Å². The molecule has 1 amide bonds. The Kier molecular flexibility index (Phi) is 12.5. The Hall–Kier alpha value is -5.32. The van der Waals surface area contributed by atoms with Crippen molar-refractivity contribution < 1.29 is 27.6 Å². The number of hydrogen-bond donors (Lipinski definition) is 2. The van der Waals surface area contributed by atoms with Gasteiger partial charge in [0.05, 0.1) is 34.6 Å². The molecule has 2 saturated heterocycles. The largest absolute Gasteiger partial charge is 0.456 e. The number of anilines is 2. The molecular weight excluding hydrogens is 854 g/mol. The highest BCUT2D eigenvalue weighted by Crippen LogP contribution is 2.44. The van der Waals surface area contributed by atoms with Crippen LogP contribution in [0, 0.1) is 15.5 Å². The molecule has 1 atom stereocenters. The zero-order chi connectivity index (χ0) is 44.6. The van der Waals surface area contributed by atoms with Gasteiger partial charge in [0.2, 0.25) is 0 Å². The Labute approximate surface area is 379 Å². The molecule has 4 aromatic rings. The van der Waals surface area contributed by atoms with E-state index in [2.05, 4.69) is 55.7 Å². The minimum Gasteiger partial charge on any atom is -0.456 e. The van der Waals surface area contributed by atoms with Crippen molar-refractivity contribution in [3.05, 3.63) is 122 Å². The van der Waals surface area contributed by atoms with Gasteiger partial charge in [-0.2, -0.15) is 0 Å². The number of amides is 1. The van der Waals surface area contributed by atoms with Crippen LogP contribution < -0.4 is 19.7 Å². The van der Waals surface area contributed by atoms with Gasteiger partial charge in [-0.1, -0.05) is 55.3 Å². The van der Waals surface area contributed by atoms with Crippen LogP contribution in [0.5, 0.6) is 11.5 Å². The summed E-state index contributed by atoms with van der Waals surface area (Å²) < 4.78 is 42.1. The van der Waals surface area contributed by atoms with Crippen molar-refractivity contribution in [1.29, 1.82) is 0 Å².